The van der Waals surface area contributed by atoms with E-state index in [0.717, 1.165) is 4.47 Å². The number of nitrogens with zero attached hydrogens (tertiary/aromatic N) is 1. The van der Waals surface area contributed by atoms with Crippen LogP contribution in [0.3, 0.4) is 0 Å². The summed E-state index contributed by atoms with van der Waals surface area (Å²) < 4.78 is 5.92. The van der Waals surface area contributed by atoms with E-state index in [2.05, 4.69) is 26.6 Å². The third-order valence-corrected chi connectivity index (χ3v) is 4.57. The molecule has 2 aromatic carbocycles. The van der Waals surface area contributed by atoms with Gasteiger partial charge in [0.25, 0.3) is 0 Å². The Morgan fingerprint density at radius 2 is 1.70 bits per heavy atom. The van der Waals surface area contributed by atoms with Crippen molar-refractivity contribution in [3.63, 3.8) is 0 Å². The molecule has 27 heavy (non-hydrogen) atoms. The molecule has 0 aliphatic carbocycles. The topological polar surface area (TPSA) is 70.7 Å². The highest BCUT2D eigenvalue weighted by Gasteiger charge is 2.14. The summed E-state index contributed by atoms with van der Waals surface area (Å²) in [4.78, 5) is 26.2. The highest BCUT2D eigenvalue weighted by molar-refractivity contribution is 9.10. The third kappa shape index (κ3) is 6.86. The summed E-state index contributed by atoms with van der Waals surface area (Å²) in [5.41, 5.74) is 1.20. The highest BCUT2D eigenvalue weighted by atomic mass is 79.9. The Morgan fingerprint density at radius 3 is 2.26 bits per heavy atom. The number of carbonyl (C=O) groups is 2. The Bertz CT molecular complexity index is 799. The van der Waals surface area contributed by atoms with Crippen molar-refractivity contribution >= 4 is 50.7 Å². The number of rotatable bonds is 8. The first-order valence-corrected chi connectivity index (χ1v) is 9.49. The van der Waals surface area contributed by atoms with Crippen molar-refractivity contribution in [2.24, 2.45) is 0 Å². The second kappa shape index (κ2) is 10.3. The monoisotopic (exact) mass is 453 g/mol. The van der Waals surface area contributed by atoms with Crippen LogP contribution in [0.2, 0.25) is 5.02 Å². The molecular weight excluding hydrogens is 434 g/mol. The van der Waals surface area contributed by atoms with E-state index in [9.17, 15) is 9.59 Å². The van der Waals surface area contributed by atoms with Gasteiger partial charge in [-0.15, -0.1) is 0 Å². The van der Waals surface area contributed by atoms with Crippen molar-refractivity contribution in [2.45, 2.75) is 6.92 Å². The molecular formula is C19H21BrClN3O3. The van der Waals surface area contributed by atoms with Gasteiger partial charge in [-0.25, -0.2) is 0 Å². The van der Waals surface area contributed by atoms with Gasteiger partial charge in [0.1, 0.15) is 5.75 Å². The van der Waals surface area contributed by atoms with Crippen LogP contribution in [-0.2, 0) is 9.59 Å². The zero-order valence-electron chi connectivity index (χ0n) is 15.1. The maximum absolute atomic E-state index is 12.3. The lowest BCUT2D eigenvalue weighted by Gasteiger charge is -2.19. The van der Waals surface area contributed by atoms with Gasteiger partial charge in [-0.3, -0.25) is 14.5 Å². The molecule has 0 saturated carbocycles. The van der Waals surface area contributed by atoms with Crippen LogP contribution in [0.5, 0.6) is 5.75 Å². The molecule has 8 heteroatoms. The van der Waals surface area contributed by atoms with Gasteiger partial charge in [0.15, 0.2) is 0 Å². The molecule has 0 aliphatic heterocycles. The zero-order chi connectivity index (χ0) is 19.8. The SMILES string of the molecule is CCN(CC(=O)Nc1ccc(OC)cc1)CC(=O)Nc1ccc(Br)cc1Cl. The molecule has 0 spiro atoms. The molecule has 0 radical (unpaired) electrons. The van der Waals surface area contributed by atoms with Gasteiger partial charge in [0.05, 0.1) is 30.9 Å². The van der Waals surface area contributed by atoms with Gasteiger partial charge in [-0.2, -0.15) is 0 Å². The minimum Gasteiger partial charge on any atom is -0.497 e. The predicted molar refractivity (Wildman–Crippen MR) is 112 cm³/mol. The van der Waals surface area contributed by atoms with E-state index >= 15 is 0 Å². The summed E-state index contributed by atoms with van der Waals surface area (Å²) in [7, 11) is 1.58. The normalized spacial score (nSPS) is 10.6. The van der Waals surface area contributed by atoms with Gasteiger partial charge in [0, 0.05) is 10.2 Å². The van der Waals surface area contributed by atoms with Gasteiger partial charge in [-0.05, 0) is 49.0 Å². The smallest absolute Gasteiger partial charge is 0.238 e. The number of nitrogens with one attached hydrogen (secondary N) is 2. The fourth-order valence-corrected chi connectivity index (χ4v) is 3.06. The van der Waals surface area contributed by atoms with Gasteiger partial charge in [-0.1, -0.05) is 34.5 Å². The van der Waals surface area contributed by atoms with Crippen LogP contribution in [0.25, 0.3) is 0 Å². The van der Waals surface area contributed by atoms with Crippen LogP contribution in [0.15, 0.2) is 46.9 Å². The van der Waals surface area contributed by atoms with Crippen LogP contribution in [0.4, 0.5) is 11.4 Å². The Hall–Kier alpha value is -2.09. The summed E-state index contributed by atoms with van der Waals surface area (Å²) in [5, 5.41) is 6.00. The molecule has 2 N–H and O–H groups in total. The van der Waals surface area contributed by atoms with Crippen LogP contribution in [0, 0.1) is 0 Å². The predicted octanol–water partition coefficient (Wildman–Crippen LogP) is 4.01. The molecule has 0 heterocycles. The zero-order valence-corrected chi connectivity index (χ0v) is 17.4. The average Bonchev–Trinajstić information content (AvgIpc) is 2.64. The van der Waals surface area contributed by atoms with Crippen LogP contribution in [0.1, 0.15) is 6.92 Å². The molecule has 0 fully saturated rings. The largest absolute Gasteiger partial charge is 0.497 e. The van der Waals surface area contributed by atoms with E-state index in [1.165, 1.54) is 0 Å². The number of benzene rings is 2. The van der Waals surface area contributed by atoms with E-state index in [0.29, 0.717) is 28.7 Å². The first-order valence-electron chi connectivity index (χ1n) is 8.32. The molecule has 0 atom stereocenters. The maximum Gasteiger partial charge on any atom is 0.238 e. The van der Waals surface area contributed by atoms with Crippen molar-refractivity contribution in [3.05, 3.63) is 52.0 Å². The molecule has 0 saturated heterocycles. The van der Waals surface area contributed by atoms with Crippen molar-refractivity contribution < 1.29 is 14.3 Å². The molecule has 6 nitrogen and oxygen atoms in total. The first kappa shape index (κ1) is 21.2. The van der Waals surface area contributed by atoms with Crippen LogP contribution >= 0.6 is 27.5 Å². The molecule has 0 aliphatic rings. The standard InChI is InChI=1S/C19H21BrClN3O3/c1-3-24(11-18(25)22-14-5-7-15(27-2)8-6-14)12-19(26)23-17-9-4-13(20)10-16(17)21/h4-10H,3,11-12H2,1-2H3,(H,22,25)(H,23,26). The molecule has 0 aromatic heterocycles. The molecule has 0 bridgehead atoms. The molecule has 144 valence electrons. The Balaban J connectivity index is 1.87. The minimum atomic E-state index is -0.238. The lowest BCUT2D eigenvalue weighted by atomic mass is 10.3. The average molecular weight is 455 g/mol. The second-order valence-corrected chi connectivity index (χ2v) is 7.08. The second-order valence-electron chi connectivity index (χ2n) is 5.75. The number of hydrogen-bond donors (Lipinski definition) is 2. The number of carbonyl (C=O) groups excluding carboxylic acids is 2. The Morgan fingerprint density at radius 1 is 1.07 bits per heavy atom. The number of anilines is 2. The molecule has 2 amide bonds. The van der Waals surface area contributed by atoms with Crippen LogP contribution < -0.4 is 15.4 Å². The highest BCUT2D eigenvalue weighted by Crippen LogP contribution is 2.25. The Labute approximate surface area is 172 Å². The Kier molecular flexibility index (Phi) is 8.09. The quantitative estimate of drug-likeness (QED) is 0.632. The number of likely N-dealkylation sites (N-methyl/N-ethyl adjacent to an activating group) is 1. The summed E-state index contributed by atoms with van der Waals surface area (Å²) >= 11 is 9.43. The summed E-state index contributed by atoms with van der Waals surface area (Å²) in [6, 6.07) is 12.3. The van der Waals surface area contributed by atoms with Crippen molar-refractivity contribution in [3.8, 4) is 5.75 Å². The van der Waals surface area contributed by atoms with Crippen molar-refractivity contribution in [2.75, 3.05) is 37.4 Å². The number of ether oxygens (including phenoxy) is 1. The van der Waals surface area contributed by atoms with Crippen molar-refractivity contribution in [1.29, 1.82) is 0 Å². The van der Waals surface area contributed by atoms with E-state index in [1.807, 2.05) is 6.92 Å². The van der Waals surface area contributed by atoms with Gasteiger partial charge in [0.2, 0.25) is 11.8 Å². The van der Waals surface area contributed by atoms with E-state index in [-0.39, 0.29) is 24.9 Å². The summed E-state index contributed by atoms with van der Waals surface area (Å²) in [6.45, 7) is 2.63. The molecule has 2 aromatic rings. The summed E-state index contributed by atoms with van der Waals surface area (Å²) in [5.74, 6) is 0.279. The lowest BCUT2D eigenvalue weighted by molar-refractivity contribution is -0.119. The third-order valence-electron chi connectivity index (χ3n) is 3.76. The number of methoxy groups -OCH3 is 1. The number of hydrogen-bond acceptors (Lipinski definition) is 4. The number of amides is 2. The maximum atomic E-state index is 12.3. The van der Waals surface area contributed by atoms with E-state index in [1.54, 1.807) is 54.5 Å². The van der Waals surface area contributed by atoms with Gasteiger partial charge >= 0.3 is 0 Å². The lowest BCUT2D eigenvalue weighted by Crippen LogP contribution is -2.38. The number of halogens is 2. The minimum absolute atomic E-state index is 0.0823. The first-order chi connectivity index (χ1) is 12.9. The molecule has 0 unspecified atom stereocenters. The molecule has 2 rings (SSSR count). The van der Waals surface area contributed by atoms with E-state index in [4.69, 9.17) is 16.3 Å². The van der Waals surface area contributed by atoms with Crippen LogP contribution in [-0.4, -0.2) is 43.5 Å². The fraction of sp³-hybridized carbons (Fsp3) is 0.263. The van der Waals surface area contributed by atoms with E-state index < -0.39 is 0 Å². The van der Waals surface area contributed by atoms with Crippen molar-refractivity contribution in [1.82, 2.24) is 4.90 Å². The summed E-state index contributed by atoms with van der Waals surface area (Å²) in [6.07, 6.45) is 0. The fourth-order valence-electron chi connectivity index (χ4n) is 2.34. The van der Waals surface area contributed by atoms with Gasteiger partial charge < -0.3 is 15.4 Å².